The number of rotatable bonds is 7. The Balaban J connectivity index is 1.63. The first kappa shape index (κ1) is 23.3. The Bertz CT molecular complexity index is 1370. The van der Waals surface area contributed by atoms with Gasteiger partial charge in [0.2, 0.25) is 5.91 Å². The van der Waals surface area contributed by atoms with Gasteiger partial charge in [-0.3, -0.25) is 14.7 Å². The van der Waals surface area contributed by atoms with Crippen molar-refractivity contribution in [3.63, 3.8) is 0 Å². The number of halogens is 2. The van der Waals surface area contributed by atoms with Crippen molar-refractivity contribution in [1.82, 2.24) is 9.97 Å². The summed E-state index contributed by atoms with van der Waals surface area (Å²) in [6.45, 7) is 2.04. The van der Waals surface area contributed by atoms with Crippen LogP contribution in [0.2, 0.25) is 5.02 Å². The lowest BCUT2D eigenvalue weighted by Gasteiger charge is -2.19. The fourth-order valence-electron chi connectivity index (χ4n) is 3.24. The summed E-state index contributed by atoms with van der Waals surface area (Å²) in [5.41, 5.74) is 2.25. The van der Waals surface area contributed by atoms with Crippen LogP contribution in [0.1, 0.15) is 17.7 Å². The number of hydrogen-bond donors (Lipinski definition) is 0. The number of carbonyl (C=O) groups excluding carboxylic acids is 1. The second-order valence-corrected chi connectivity index (χ2v) is 10.9. The Morgan fingerprint density at radius 3 is 2.55 bits per heavy atom. The molecule has 170 valence electrons. The van der Waals surface area contributed by atoms with Crippen molar-refractivity contribution < 1.29 is 17.6 Å². The molecule has 2 aromatic heterocycles. The summed E-state index contributed by atoms with van der Waals surface area (Å²) in [5.74, 6) is -1.36. The standard InChI is InChI=1S/C23H19ClFN3O3S2/c1-15-5-10-19(24)22-21(15)27-23(32-22)28(14-17-4-2-3-12-26-17)20(29)11-13-33(30,31)18-8-6-16(25)7-9-18/h2-10,12H,11,13-14H2,1H3. The average Bonchev–Trinajstić information content (AvgIpc) is 3.26. The monoisotopic (exact) mass is 503 g/mol. The highest BCUT2D eigenvalue weighted by molar-refractivity contribution is 7.91. The SMILES string of the molecule is Cc1ccc(Cl)c2sc(N(Cc3ccccn3)C(=O)CCS(=O)(=O)c3ccc(F)cc3)nc12. The summed E-state index contributed by atoms with van der Waals surface area (Å²) in [6.07, 6.45) is 1.35. The summed E-state index contributed by atoms with van der Waals surface area (Å²) in [7, 11) is -3.77. The van der Waals surface area contributed by atoms with Gasteiger partial charge in [0.1, 0.15) is 5.82 Å². The largest absolute Gasteiger partial charge is 0.282 e. The van der Waals surface area contributed by atoms with Gasteiger partial charge >= 0.3 is 0 Å². The van der Waals surface area contributed by atoms with E-state index in [1.807, 2.05) is 19.1 Å². The van der Waals surface area contributed by atoms with Crippen LogP contribution in [0.15, 0.2) is 65.7 Å². The highest BCUT2D eigenvalue weighted by Crippen LogP contribution is 2.36. The van der Waals surface area contributed by atoms with Crippen molar-refractivity contribution in [1.29, 1.82) is 0 Å². The van der Waals surface area contributed by atoms with Gasteiger partial charge < -0.3 is 0 Å². The topological polar surface area (TPSA) is 80.2 Å². The van der Waals surface area contributed by atoms with E-state index < -0.39 is 27.3 Å². The lowest BCUT2D eigenvalue weighted by atomic mass is 10.2. The molecule has 33 heavy (non-hydrogen) atoms. The maximum Gasteiger partial charge on any atom is 0.230 e. The first-order valence-electron chi connectivity index (χ1n) is 9.99. The molecule has 0 aliphatic carbocycles. The van der Waals surface area contributed by atoms with Crippen LogP contribution in [0.4, 0.5) is 9.52 Å². The molecule has 0 atom stereocenters. The molecule has 0 spiro atoms. The van der Waals surface area contributed by atoms with Gasteiger partial charge in [0.05, 0.1) is 38.1 Å². The zero-order valence-electron chi connectivity index (χ0n) is 17.5. The number of anilines is 1. The second-order valence-electron chi connectivity index (χ2n) is 7.36. The van der Waals surface area contributed by atoms with E-state index in [9.17, 15) is 17.6 Å². The van der Waals surface area contributed by atoms with E-state index >= 15 is 0 Å². The Morgan fingerprint density at radius 2 is 1.88 bits per heavy atom. The van der Waals surface area contributed by atoms with Gasteiger partial charge in [-0.1, -0.05) is 35.1 Å². The van der Waals surface area contributed by atoms with Crippen molar-refractivity contribution in [2.75, 3.05) is 10.7 Å². The third kappa shape index (κ3) is 5.21. The number of amides is 1. The molecule has 0 fully saturated rings. The molecular weight excluding hydrogens is 485 g/mol. The average molecular weight is 504 g/mol. The number of thiazole rings is 1. The normalized spacial score (nSPS) is 11.6. The van der Waals surface area contributed by atoms with E-state index in [2.05, 4.69) is 9.97 Å². The Morgan fingerprint density at radius 1 is 1.12 bits per heavy atom. The minimum absolute atomic E-state index is 0.0321. The van der Waals surface area contributed by atoms with Crippen LogP contribution in [-0.2, 0) is 21.2 Å². The molecule has 0 unspecified atom stereocenters. The highest BCUT2D eigenvalue weighted by atomic mass is 35.5. The fourth-order valence-corrected chi connectivity index (χ4v) is 5.80. The van der Waals surface area contributed by atoms with Gasteiger partial charge in [-0.15, -0.1) is 0 Å². The molecule has 4 aromatic rings. The maximum atomic E-state index is 13.2. The molecule has 0 aliphatic heterocycles. The molecule has 0 saturated carbocycles. The van der Waals surface area contributed by atoms with E-state index in [-0.39, 0.29) is 17.9 Å². The molecule has 0 radical (unpaired) electrons. The van der Waals surface area contributed by atoms with Crippen LogP contribution in [0.25, 0.3) is 10.2 Å². The number of benzene rings is 2. The predicted octanol–water partition coefficient (Wildman–Crippen LogP) is 5.19. The van der Waals surface area contributed by atoms with Crippen LogP contribution in [0, 0.1) is 12.7 Å². The summed E-state index contributed by atoms with van der Waals surface area (Å²) in [6, 6.07) is 13.5. The van der Waals surface area contributed by atoms with E-state index in [0.29, 0.717) is 21.4 Å². The minimum Gasteiger partial charge on any atom is -0.282 e. The number of carbonyl (C=O) groups is 1. The molecule has 4 rings (SSSR count). The van der Waals surface area contributed by atoms with E-state index in [1.165, 1.54) is 28.4 Å². The van der Waals surface area contributed by atoms with Crippen LogP contribution < -0.4 is 4.90 Å². The van der Waals surface area contributed by atoms with Crippen LogP contribution in [0.5, 0.6) is 0 Å². The summed E-state index contributed by atoms with van der Waals surface area (Å²) in [5, 5.41) is 0.944. The van der Waals surface area contributed by atoms with E-state index in [1.54, 1.807) is 24.4 Å². The molecule has 0 bridgehead atoms. The minimum atomic E-state index is -3.77. The molecule has 2 heterocycles. The van der Waals surface area contributed by atoms with Gasteiger partial charge in [-0.2, -0.15) is 0 Å². The Hall–Kier alpha value is -2.88. The molecular formula is C23H19ClFN3O3S2. The third-order valence-corrected chi connectivity index (χ3v) is 8.29. The number of sulfone groups is 1. The van der Waals surface area contributed by atoms with Crippen molar-refractivity contribution in [3.05, 3.63) is 82.9 Å². The lowest BCUT2D eigenvalue weighted by molar-refractivity contribution is -0.118. The second kappa shape index (κ2) is 9.54. The first-order valence-corrected chi connectivity index (χ1v) is 12.8. The Labute approximate surface area is 199 Å². The Kier molecular flexibility index (Phi) is 6.73. The first-order chi connectivity index (χ1) is 15.7. The molecule has 2 aromatic carbocycles. The number of fused-ring (bicyclic) bond motifs is 1. The fraction of sp³-hybridized carbons (Fsp3) is 0.174. The molecule has 6 nitrogen and oxygen atoms in total. The van der Waals surface area contributed by atoms with Gasteiger partial charge in [0.25, 0.3) is 0 Å². The summed E-state index contributed by atoms with van der Waals surface area (Å²) < 4.78 is 39.2. The molecule has 0 aliphatic rings. The van der Waals surface area contributed by atoms with Gasteiger partial charge in [0, 0.05) is 12.6 Å². The smallest absolute Gasteiger partial charge is 0.230 e. The number of aromatic nitrogens is 2. The van der Waals surface area contributed by atoms with E-state index in [0.717, 1.165) is 22.4 Å². The highest BCUT2D eigenvalue weighted by Gasteiger charge is 2.24. The summed E-state index contributed by atoms with van der Waals surface area (Å²) in [4.78, 5) is 23.5. The molecule has 10 heteroatoms. The zero-order valence-corrected chi connectivity index (χ0v) is 19.9. The molecule has 1 amide bonds. The predicted molar refractivity (Wildman–Crippen MR) is 128 cm³/mol. The lowest BCUT2D eigenvalue weighted by Crippen LogP contribution is -2.32. The summed E-state index contributed by atoms with van der Waals surface area (Å²) >= 11 is 7.60. The van der Waals surface area contributed by atoms with E-state index in [4.69, 9.17) is 11.6 Å². The number of hydrogen-bond acceptors (Lipinski definition) is 6. The van der Waals surface area contributed by atoms with Crippen LogP contribution >= 0.6 is 22.9 Å². The van der Waals surface area contributed by atoms with Crippen molar-refractivity contribution in [2.45, 2.75) is 24.8 Å². The third-order valence-electron chi connectivity index (χ3n) is 5.02. The van der Waals surface area contributed by atoms with Gasteiger partial charge in [-0.05, 0) is 55.0 Å². The quantitative estimate of drug-likeness (QED) is 0.324. The number of aryl methyl sites for hydroxylation is 1. The van der Waals surface area contributed by atoms with Crippen molar-refractivity contribution in [2.24, 2.45) is 0 Å². The zero-order chi connectivity index (χ0) is 23.6. The molecule has 0 saturated heterocycles. The van der Waals surface area contributed by atoms with Crippen molar-refractivity contribution >= 4 is 54.0 Å². The van der Waals surface area contributed by atoms with Crippen molar-refractivity contribution in [3.8, 4) is 0 Å². The van der Waals surface area contributed by atoms with Crippen LogP contribution in [0.3, 0.4) is 0 Å². The van der Waals surface area contributed by atoms with Gasteiger partial charge in [-0.25, -0.2) is 17.8 Å². The molecule has 0 N–H and O–H groups in total. The number of pyridine rings is 1. The maximum absolute atomic E-state index is 13.2. The van der Waals surface area contributed by atoms with Crippen LogP contribution in [-0.4, -0.2) is 30.0 Å². The number of nitrogens with zero attached hydrogens (tertiary/aromatic N) is 3. The van der Waals surface area contributed by atoms with Gasteiger partial charge in [0.15, 0.2) is 15.0 Å².